The van der Waals surface area contributed by atoms with E-state index in [2.05, 4.69) is 10.0 Å². The molecule has 1 saturated heterocycles. The summed E-state index contributed by atoms with van der Waals surface area (Å²) in [6.07, 6.45) is 1.98. The number of hydrogen-bond donors (Lipinski definition) is 2. The van der Waals surface area contributed by atoms with E-state index in [1.54, 1.807) is 11.0 Å². The van der Waals surface area contributed by atoms with E-state index in [-0.39, 0.29) is 30.0 Å². The van der Waals surface area contributed by atoms with E-state index < -0.39 is 10.0 Å². The van der Waals surface area contributed by atoms with Crippen LogP contribution < -0.4 is 10.0 Å². The van der Waals surface area contributed by atoms with Crippen molar-refractivity contribution in [3.8, 4) is 0 Å². The lowest BCUT2D eigenvalue weighted by atomic mass is 10.0. The monoisotopic (exact) mass is 369 g/mol. The third kappa shape index (κ3) is 5.01. The van der Waals surface area contributed by atoms with E-state index in [4.69, 9.17) is 4.74 Å². The van der Waals surface area contributed by atoms with Crippen molar-refractivity contribution >= 4 is 15.9 Å². The van der Waals surface area contributed by atoms with Gasteiger partial charge in [0.05, 0.1) is 11.5 Å². The van der Waals surface area contributed by atoms with Crippen molar-refractivity contribution in [2.75, 3.05) is 40.4 Å². The normalized spacial score (nSPS) is 18.4. The first-order valence-electron chi connectivity index (χ1n) is 8.45. The summed E-state index contributed by atoms with van der Waals surface area (Å²) < 4.78 is 32.1. The van der Waals surface area contributed by atoms with Crippen LogP contribution in [0.3, 0.4) is 0 Å². The second-order valence-corrected chi connectivity index (χ2v) is 8.01. The van der Waals surface area contributed by atoms with Gasteiger partial charge >= 0.3 is 0 Å². The number of carbonyl (C=O) groups excluding carboxylic acids is 1. The molecule has 0 spiro atoms. The largest absolute Gasteiger partial charge is 0.383 e. The lowest BCUT2D eigenvalue weighted by Gasteiger charge is -2.33. The van der Waals surface area contributed by atoms with Gasteiger partial charge in [0.15, 0.2) is 0 Å². The molecule has 25 heavy (non-hydrogen) atoms. The van der Waals surface area contributed by atoms with Gasteiger partial charge in [-0.15, -0.1) is 0 Å². The predicted octanol–water partition coefficient (Wildman–Crippen LogP) is 0.744. The molecule has 2 rings (SSSR count). The first-order chi connectivity index (χ1) is 11.9. The second-order valence-electron chi connectivity index (χ2n) is 6.25. The van der Waals surface area contributed by atoms with Gasteiger partial charge in [-0.3, -0.25) is 4.79 Å². The van der Waals surface area contributed by atoms with E-state index in [1.165, 1.54) is 19.2 Å². The number of aryl methyl sites for hydroxylation is 1. The number of piperidine rings is 1. The lowest BCUT2D eigenvalue weighted by molar-refractivity contribution is 0.0697. The molecular weight excluding hydrogens is 342 g/mol. The summed E-state index contributed by atoms with van der Waals surface area (Å²) in [6.45, 7) is 3.63. The fraction of sp³-hybridized carbons (Fsp3) is 0.588. The van der Waals surface area contributed by atoms with Crippen LogP contribution in [0.2, 0.25) is 0 Å². The molecule has 0 aromatic heterocycles. The number of ether oxygens (including phenoxy) is 1. The molecule has 1 amide bonds. The number of hydrogen-bond acceptors (Lipinski definition) is 5. The number of likely N-dealkylation sites (tertiary alicyclic amines) is 1. The number of sulfonamides is 1. The first kappa shape index (κ1) is 19.8. The third-order valence-corrected chi connectivity index (χ3v) is 5.92. The van der Waals surface area contributed by atoms with E-state index in [9.17, 15) is 13.2 Å². The molecule has 1 atom stereocenters. The standard InChI is InChI=1S/C17H27N3O4S/c1-13-6-7-15(25(22,23)19-8-10-24-3)11-16(13)17(21)20-9-4-5-14(12-20)18-2/h6-7,11,14,18-19H,4-5,8-10,12H2,1-3H3. The number of carbonyl (C=O) groups is 1. The minimum absolute atomic E-state index is 0.0970. The van der Waals surface area contributed by atoms with Crippen molar-refractivity contribution < 1.29 is 17.9 Å². The van der Waals surface area contributed by atoms with E-state index in [1.807, 2.05) is 14.0 Å². The van der Waals surface area contributed by atoms with Gasteiger partial charge in [-0.2, -0.15) is 0 Å². The smallest absolute Gasteiger partial charge is 0.254 e. The van der Waals surface area contributed by atoms with Gasteiger partial charge < -0.3 is 15.0 Å². The molecule has 0 bridgehead atoms. The van der Waals surface area contributed by atoms with Crippen LogP contribution >= 0.6 is 0 Å². The van der Waals surface area contributed by atoms with Gasteiger partial charge in [-0.05, 0) is 44.5 Å². The number of benzene rings is 1. The van der Waals surface area contributed by atoms with Gasteiger partial charge in [-0.1, -0.05) is 6.07 Å². The number of likely N-dealkylation sites (N-methyl/N-ethyl adjacent to an activating group) is 1. The van der Waals surface area contributed by atoms with Gasteiger partial charge in [-0.25, -0.2) is 13.1 Å². The van der Waals surface area contributed by atoms with Crippen molar-refractivity contribution in [2.24, 2.45) is 0 Å². The average Bonchev–Trinajstić information content (AvgIpc) is 2.61. The van der Waals surface area contributed by atoms with Crippen LogP contribution in [-0.2, 0) is 14.8 Å². The van der Waals surface area contributed by atoms with Gasteiger partial charge in [0.2, 0.25) is 10.0 Å². The highest BCUT2D eigenvalue weighted by molar-refractivity contribution is 7.89. The quantitative estimate of drug-likeness (QED) is 0.693. The fourth-order valence-electron chi connectivity index (χ4n) is 2.93. The molecular formula is C17H27N3O4S. The molecule has 1 fully saturated rings. The van der Waals surface area contributed by atoms with E-state index in [0.29, 0.717) is 18.7 Å². The maximum atomic E-state index is 12.9. The Balaban J connectivity index is 2.22. The Labute approximate surface area is 149 Å². The molecule has 1 aromatic rings. The lowest BCUT2D eigenvalue weighted by Crippen LogP contribution is -2.47. The molecule has 1 aromatic carbocycles. The predicted molar refractivity (Wildman–Crippen MR) is 96.2 cm³/mol. The topological polar surface area (TPSA) is 87.7 Å². The van der Waals surface area contributed by atoms with Gasteiger partial charge in [0.25, 0.3) is 5.91 Å². The number of methoxy groups -OCH3 is 1. The van der Waals surface area contributed by atoms with Gasteiger partial charge in [0.1, 0.15) is 0 Å². The fourth-order valence-corrected chi connectivity index (χ4v) is 3.97. The Hall–Kier alpha value is -1.48. The molecule has 1 aliphatic heterocycles. The van der Waals surface area contributed by atoms with Crippen molar-refractivity contribution in [1.29, 1.82) is 0 Å². The van der Waals surface area contributed by atoms with Crippen molar-refractivity contribution in [3.63, 3.8) is 0 Å². The number of nitrogens with one attached hydrogen (secondary N) is 2. The molecule has 140 valence electrons. The van der Waals surface area contributed by atoms with Crippen LogP contribution in [0.5, 0.6) is 0 Å². The Kier molecular flexibility index (Phi) is 6.95. The van der Waals surface area contributed by atoms with Crippen LogP contribution in [0.1, 0.15) is 28.8 Å². The highest BCUT2D eigenvalue weighted by Crippen LogP contribution is 2.20. The SMILES string of the molecule is CNC1CCCN(C(=O)c2cc(S(=O)(=O)NCCOC)ccc2C)C1. The highest BCUT2D eigenvalue weighted by Gasteiger charge is 2.25. The molecule has 1 aliphatic rings. The summed E-state index contributed by atoms with van der Waals surface area (Å²) in [5.74, 6) is -0.119. The zero-order valence-corrected chi connectivity index (χ0v) is 15.9. The molecule has 0 saturated carbocycles. The zero-order valence-electron chi connectivity index (χ0n) is 15.0. The molecule has 7 nitrogen and oxygen atoms in total. The molecule has 0 radical (unpaired) electrons. The minimum Gasteiger partial charge on any atom is -0.383 e. The van der Waals surface area contributed by atoms with Crippen LogP contribution in [0, 0.1) is 6.92 Å². The summed E-state index contributed by atoms with van der Waals surface area (Å²) in [7, 11) is -0.265. The maximum absolute atomic E-state index is 12.9. The summed E-state index contributed by atoms with van der Waals surface area (Å²) >= 11 is 0. The first-order valence-corrected chi connectivity index (χ1v) is 9.93. The van der Waals surface area contributed by atoms with Crippen molar-refractivity contribution in [1.82, 2.24) is 14.9 Å². The number of rotatable bonds is 7. The minimum atomic E-state index is -3.66. The van der Waals surface area contributed by atoms with Crippen LogP contribution in [0.25, 0.3) is 0 Å². The van der Waals surface area contributed by atoms with Crippen molar-refractivity contribution in [2.45, 2.75) is 30.7 Å². The molecule has 2 N–H and O–H groups in total. The number of nitrogens with zero attached hydrogens (tertiary/aromatic N) is 1. The number of amides is 1. The average molecular weight is 369 g/mol. The highest BCUT2D eigenvalue weighted by atomic mass is 32.2. The summed E-state index contributed by atoms with van der Waals surface area (Å²) in [6, 6.07) is 4.95. The molecule has 1 unspecified atom stereocenters. The molecule has 8 heteroatoms. The Morgan fingerprint density at radius 1 is 1.40 bits per heavy atom. The van der Waals surface area contributed by atoms with Gasteiger partial charge in [0, 0.05) is 38.3 Å². The van der Waals surface area contributed by atoms with Crippen LogP contribution in [0.4, 0.5) is 0 Å². The van der Waals surface area contributed by atoms with Crippen LogP contribution in [0.15, 0.2) is 23.1 Å². The Bertz CT molecular complexity index is 706. The second kappa shape index (κ2) is 8.75. The molecule has 0 aliphatic carbocycles. The Morgan fingerprint density at radius 3 is 2.84 bits per heavy atom. The Morgan fingerprint density at radius 2 is 2.16 bits per heavy atom. The molecule has 1 heterocycles. The summed E-state index contributed by atoms with van der Waals surface area (Å²) in [5, 5.41) is 3.21. The van der Waals surface area contributed by atoms with Crippen LogP contribution in [-0.4, -0.2) is 65.7 Å². The van der Waals surface area contributed by atoms with Crippen molar-refractivity contribution in [3.05, 3.63) is 29.3 Å². The maximum Gasteiger partial charge on any atom is 0.254 e. The third-order valence-electron chi connectivity index (χ3n) is 4.46. The van der Waals surface area contributed by atoms with E-state index in [0.717, 1.165) is 18.4 Å². The summed E-state index contributed by atoms with van der Waals surface area (Å²) in [5.41, 5.74) is 1.21. The van der Waals surface area contributed by atoms with E-state index >= 15 is 0 Å². The summed E-state index contributed by atoms with van der Waals surface area (Å²) in [4.78, 5) is 14.8. The zero-order chi connectivity index (χ0) is 18.4.